The standard InChI is InChI=1S/C11H12F3NOS/c12-11(13,14)10-3-8(2-1-7(10)4-15)17-9-5-16-6-9/h1-3,9H,4-6,15H2. The molecule has 0 amide bonds. The second-order valence-electron chi connectivity index (χ2n) is 3.80. The Morgan fingerprint density at radius 1 is 1.35 bits per heavy atom. The number of hydrogen-bond acceptors (Lipinski definition) is 3. The summed E-state index contributed by atoms with van der Waals surface area (Å²) in [6.07, 6.45) is -4.35. The minimum absolute atomic E-state index is 0.105. The van der Waals surface area contributed by atoms with Gasteiger partial charge in [0, 0.05) is 11.4 Å². The fourth-order valence-corrected chi connectivity index (χ4v) is 2.59. The van der Waals surface area contributed by atoms with Crippen LogP contribution in [0.4, 0.5) is 13.2 Å². The lowest BCUT2D eigenvalue weighted by Gasteiger charge is -2.25. The van der Waals surface area contributed by atoms with Crippen LogP contribution in [-0.4, -0.2) is 18.5 Å². The van der Waals surface area contributed by atoms with Gasteiger partial charge < -0.3 is 10.5 Å². The van der Waals surface area contributed by atoms with E-state index in [-0.39, 0.29) is 17.4 Å². The molecule has 0 radical (unpaired) electrons. The first-order valence-electron chi connectivity index (χ1n) is 5.15. The summed E-state index contributed by atoms with van der Waals surface area (Å²) in [5.41, 5.74) is 4.81. The Labute approximate surface area is 101 Å². The number of benzene rings is 1. The number of hydrogen-bond donors (Lipinski definition) is 1. The van der Waals surface area contributed by atoms with E-state index in [1.54, 1.807) is 6.07 Å². The zero-order chi connectivity index (χ0) is 12.5. The van der Waals surface area contributed by atoms with Gasteiger partial charge in [0.15, 0.2) is 0 Å². The molecule has 1 aromatic rings. The van der Waals surface area contributed by atoms with E-state index in [4.69, 9.17) is 10.5 Å². The molecule has 0 saturated carbocycles. The predicted molar refractivity (Wildman–Crippen MR) is 59.8 cm³/mol. The third-order valence-corrected chi connectivity index (χ3v) is 3.65. The predicted octanol–water partition coefficient (Wildman–Crippen LogP) is 2.66. The number of rotatable bonds is 3. The number of nitrogens with two attached hydrogens (primary N) is 1. The molecule has 1 fully saturated rings. The zero-order valence-corrected chi connectivity index (χ0v) is 9.77. The molecule has 2 rings (SSSR count). The highest BCUT2D eigenvalue weighted by Crippen LogP contribution is 2.36. The van der Waals surface area contributed by atoms with E-state index in [0.717, 1.165) is 0 Å². The Hall–Kier alpha value is -0.720. The topological polar surface area (TPSA) is 35.2 Å². The van der Waals surface area contributed by atoms with Gasteiger partial charge in [-0.05, 0) is 17.7 Å². The molecule has 0 aromatic heterocycles. The SMILES string of the molecule is NCc1ccc(SC2COC2)cc1C(F)(F)F. The zero-order valence-electron chi connectivity index (χ0n) is 8.96. The smallest absolute Gasteiger partial charge is 0.379 e. The van der Waals surface area contributed by atoms with Crippen LogP contribution in [0.3, 0.4) is 0 Å². The molecule has 1 aromatic carbocycles. The summed E-state index contributed by atoms with van der Waals surface area (Å²) >= 11 is 1.41. The minimum atomic E-state index is -4.35. The summed E-state index contributed by atoms with van der Waals surface area (Å²) in [7, 11) is 0. The van der Waals surface area contributed by atoms with E-state index in [9.17, 15) is 13.2 Å². The Morgan fingerprint density at radius 2 is 2.06 bits per heavy atom. The maximum Gasteiger partial charge on any atom is 0.416 e. The van der Waals surface area contributed by atoms with Crippen molar-refractivity contribution in [1.29, 1.82) is 0 Å². The molecular weight excluding hydrogens is 251 g/mol. The summed E-state index contributed by atoms with van der Waals surface area (Å²) in [6, 6.07) is 4.30. The lowest BCUT2D eigenvalue weighted by Crippen LogP contribution is -2.30. The van der Waals surface area contributed by atoms with Gasteiger partial charge in [0.1, 0.15) is 0 Å². The second-order valence-corrected chi connectivity index (χ2v) is 5.17. The van der Waals surface area contributed by atoms with Crippen molar-refractivity contribution in [3.8, 4) is 0 Å². The molecule has 1 saturated heterocycles. The van der Waals surface area contributed by atoms with E-state index < -0.39 is 11.7 Å². The monoisotopic (exact) mass is 263 g/mol. The van der Waals surface area contributed by atoms with Crippen molar-refractivity contribution in [2.24, 2.45) is 5.73 Å². The fourth-order valence-electron chi connectivity index (χ4n) is 1.55. The van der Waals surface area contributed by atoms with Crippen molar-refractivity contribution in [1.82, 2.24) is 0 Å². The van der Waals surface area contributed by atoms with E-state index in [0.29, 0.717) is 18.1 Å². The highest BCUT2D eigenvalue weighted by Gasteiger charge is 2.33. The third-order valence-electron chi connectivity index (χ3n) is 2.52. The van der Waals surface area contributed by atoms with Gasteiger partial charge in [-0.2, -0.15) is 13.2 Å². The van der Waals surface area contributed by atoms with Crippen molar-refractivity contribution in [2.75, 3.05) is 13.2 Å². The van der Waals surface area contributed by atoms with Gasteiger partial charge in [-0.1, -0.05) is 6.07 Å². The summed E-state index contributed by atoms with van der Waals surface area (Å²) < 4.78 is 43.3. The molecule has 0 bridgehead atoms. The molecule has 2 nitrogen and oxygen atoms in total. The van der Waals surface area contributed by atoms with Crippen LogP contribution < -0.4 is 5.73 Å². The highest BCUT2D eigenvalue weighted by atomic mass is 32.2. The molecule has 0 spiro atoms. The molecule has 1 aliphatic rings. The van der Waals surface area contributed by atoms with Crippen LogP contribution in [-0.2, 0) is 17.5 Å². The Bertz CT molecular complexity index is 404. The van der Waals surface area contributed by atoms with Gasteiger partial charge >= 0.3 is 6.18 Å². The van der Waals surface area contributed by atoms with Crippen molar-refractivity contribution in [2.45, 2.75) is 22.9 Å². The average Bonchev–Trinajstić information content (AvgIpc) is 2.22. The largest absolute Gasteiger partial charge is 0.416 e. The first-order chi connectivity index (χ1) is 8.00. The van der Waals surface area contributed by atoms with Crippen LogP contribution >= 0.6 is 11.8 Å². The van der Waals surface area contributed by atoms with Gasteiger partial charge in [0.25, 0.3) is 0 Å². The number of alkyl halides is 3. The van der Waals surface area contributed by atoms with E-state index in [2.05, 4.69) is 0 Å². The quantitative estimate of drug-likeness (QED) is 0.910. The molecule has 0 aliphatic carbocycles. The first kappa shape index (κ1) is 12.7. The molecule has 94 valence electrons. The maximum atomic E-state index is 12.8. The molecule has 2 N–H and O–H groups in total. The molecule has 1 aliphatic heterocycles. The minimum Gasteiger partial charge on any atom is -0.379 e. The molecular formula is C11H12F3NOS. The van der Waals surface area contributed by atoms with Gasteiger partial charge in [0.05, 0.1) is 24.0 Å². The lowest BCUT2D eigenvalue weighted by atomic mass is 10.1. The van der Waals surface area contributed by atoms with Gasteiger partial charge in [-0.3, -0.25) is 0 Å². The maximum absolute atomic E-state index is 12.8. The molecule has 17 heavy (non-hydrogen) atoms. The van der Waals surface area contributed by atoms with Gasteiger partial charge in [0.2, 0.25) is 0 Å². The molecule has 1 heterocycles. The van der Waals surface area contributed by atoms with Crippen molar-refractivity contribution < 1.29 is 17.9 Å². The van der Waals surface area contributed by atoms with Gasteiger partial charge in [-0.15, -0.1) is 11.8 Å². The van der Waals surface area contributed by atoms with Crippen molar-refractivity contribution in [3.05, 3.63) is 29.3 Å². The average molecular weight is 263 g/mol. The van der Waals surface area contributed by atoms with E-state index >= 15 is 0 Å². The number of halogens is 3. The van der Waals surface area contributed by atoms with E-state index in [1.807, 2.05) is 0 Å². The van der Waals surface area contributed by atoms with Crippen molar-refractivity contribution in [3.63, 3.8) is 0 Å². The van der Waals surface area contributed by atoms with Crippen LogP contribution in [0.1, 0.15) is 11.1 Å². The Morgan fingerprint density at radius 3 is 2.53 bits per heavy atom. The summed E-state index contributed by atoms with van der Waals surface area (Å²) in [6.45, 7) is 1.10. The summed E-state index contributed by atoms with van der Waals surface area (Å²) in [4.78, 5) is 0.614. The highest BCUT2D eigenvalue weighted by molar-refractivity contribution is 8.00. The van der Waals surface area contributed by atoms with Crippen LogP contribution in [0, 0.1) is 0 Å². The Balaban J connectivity index is 2.24. The molecule has 0 atom stereocenters. The Kier molecular flexibility index (Phi) is 3.65. The first-order valence-corrected chi connectivity index (χ1v) is 6.03. The van der Waals surface area contributed by atoms with Crippen LogP contribution in [0.25, 0.3) is 0 Å². The normalized spacial score (nSPS) is 16.9. The van der Waals surface area contributed by atoms with Gasteiger partial charge in [-0.25, -0.2) is 0 Å². The van der Waals surface area contributed by atoms with Crippen LogP contribution in [0.5, 0.6) is 0 Å². The van der Waals surface area contributed by atoms with Crippen LogP contribution in [0.2, 0.25) is 0 Å². The third kappa shape index (κ3) is 2.94. The summed E-state index contributed by atoms with van der Waals surface area (Å²) in [5.74, 6) is 0. The lowest BCUT2D eigenvalue weighted by molar-refractivity contribution is -0.138. The molecule has 0 unspecified atom stereocenters. The van der Waals surface area contributed by atoms with Crippen LogP contribution in [0.15, 0.2) is 23.1 Å². The number of thioether (sulfide) groups is 1. The molecule has 6 heteroatoms. The van der Waals surface area contributed by atoms with E-state index in [1.165, 1.54) is 23.9 Å². The second kappa shape index (κ2) is 4.88. The van der Waals surface area contributed by atoms with Crippen molar-refractivity contribution >= 4 is 11.8 Å². The fraction of sp³-hybridized carbons (Fsp3) is 0.455. The number of ether oxygens (including phenoxy) is 1. The summed E-state index contributed by atoms with van der Waals surface area (Å²) in [5, 5.41) is 0.264.